The predicted octanol–water partition coefficient (Wildman–Crippen LogP) is 3.21. The van der Waals surface area contributed by atoms with E-state index in [4.69, 9.17) is 0 Å². The lowest BCUT2D eigenvalue weighted by Gasteiger charge is -2.32. The van der Waals surface area contributed by atoms with E-state index in [1.165, 1.54) is 12.1 Å². The molecule has 118 valence electrons. The van der Waals surface area contributed by atoms with Crippen molar-refractivity contribution in [3.05, 3.63) is 29.6 Å². The Balaban J connectivity index is 1.84. The molecular formula is C15H20F3NO2. The van der Waals surface area contributed by atoms with Crippen molar-refractivity contribution in [2.24, 2.45) is 0 Å². The predicted molar refractivity (Wildman–Crippen MR) is 72.8 cm³/mol. The molecule has 0 bridgehead atoms. The molecule has 0 unspecified atom stereocenters. The van der Waals surface area contributed by atoms with Crippen LogP contribution < -0.4 is 10.1 Å². The van der Waals surface area contributed by atoms with Crippen LogP contribution in [0.15, 0.2) is 18.2 Å². The standard InChI is InChI=1S/C15H20F3NO2/c16-12-8-11(4-5-13(12)21-14(17)18)9-19-10-15(20)6-2-1-3-7-15/h4-5,8,14,19-20H,1-3,6-7,9-10H2. The van der Waals surface area contributed by atoms with Crippen molar-refractivity contribution in [2.75, 3.05) is 6.54 Å². The van der Waals surface area contributed by atoms with Crippen LogP contribution in [0, 0.1) is 5.82 Å². The van der Waals surface area contributed by atoms with Crippen molar-refractivity contribution >= 4 is 0 Å². The fraction of sp³-hybridized carbons (Fsp3) is 0.600. The monoisotopic (exact) mass is 303 g/mol. The Morgan fingerprint density at radius 2 is 1.95 bits per heavy atom. The third-order valence-electron chi connectivity index (χ3n) is 3.78. The molecule has 2 rings (SSSR count). The number of halogens is 3. The third kappa shape index (κ3) is 4.89. The second-order valence-corrected chi connectivity index (χ2v) is 5.53. The Hall–Kier alpha value is -1.27. The van der Waals surface area contributed by atoms with Gasteiger partial charge in [-0.1, -0.05) is 25.3 Å². The normalized spacial score (nSPS) is 18.0. The summed E-state index contributed by atoms with van der Waals surface area (Å²) in [5.41, 5.74) is -0.0660. The molecule has 0 saturated heterocycles. The Labute approximate surface area is 122 Å². The van der Waals surface area contributed by atoms with Crippen molar-refractivity contribution in [1.82, 2.24) is 5.32 Å². The van der Waals surface area contributed by atoms with Crippen molar-refractivity contribution in [3.63, 3.8) is 0 Å². The Bertz CT molecular complexity index is 462. The van der Waals surface area contributed by atoms with Gasteiger partial charge in [0.25, 0.3) is 0 Å². The molecule has 2 N–H and O–H groups in total. The van der Waals surface area contributed by atoms with Crippen molar-refractivity contribution in [2.45, 2.75) is 50.9 Å². The van der Waals surface area contributed by atoms with Gasteiger partial charge in [-0.3, -0.25) is 0 Å². The summed E-state index contributed by atoms with van der Waals surface area (Å²) in [5, 5.41) is 13.4. The second-order valence-electron chi connectivity index (χ2n) is 5.53. The van der Waals surface area contributed by atoms with Gasteiger partial charge in [0.15, 0.2) is 11.6 Å². The fourth-order valence-corrected chi connectivity index (χ4v) is 2.67. The zero-order chi connectivity index (χ0) is 15.3. The fourth-order valence-electron chi connectivity index (χ4n) is 2.67. The van der Waals surface area contributed by atoms with Gasteiger partial charge in [-0.05, 0) is 30.5 Å². The second kappa shape index (κ2) is 7.13. The maximum absolute atomic E-state index is 13.5. The molecule has 0 aromatic heterocycles. The number of nitrogens with one attached hydrogen (secondary N) is 1. The molecule has 0 aliphatic heterocycles. The largest absolute Gasteiger partial charge is 0.432 e. The molecular weight excluding hydrogens is 283 g/mol. The van der Waals surface area contributed by atoms with Crippen LogP contribution >= 0.6 is 0 Å². The van der Waals surface area contributed by atoms with Crippen LogP contribution in [0.25, 0.3) is 0 Å². The van der Waals surface area contributed by atoms with Gasteiger partial charge in [-0.25, -0.2) is 4.39 Å². The lowest BCUT2D eigenvalue weighted by molar-refractivity contribution is -0.0522. The first kappa shape index (κ1) is 16.1. The molecule has 21 heavy (non-hydrogen) atoms. The summed E-state index contributed by atoms with van der Waals surface area (Å²) in [6.07, 6.45) is 4.74. The number of benzene rings is 1. The Morgan fingerprint density at radius 3 is 2.57 bits per heavy atom. The van der Waals surface area contributed by atoms with Crippen molar-refractivity contribution in [1.29, 1.82) is 0 Å². The van der Waals surface area contributed by atoms with E-state index in [9.17, 15) is 18.3 Å². The average Bonchev–Trinajstić information content (AvgIpc) is 2.42. The summed E-state index contributed by atoms with van der Waals surface area (Å²) in [6, 6.07) is 3.88. The van der Waals surface area contributed by atoms with Gasteiger partial charge in [0.1, 0.15) is 0 Å². The van der Waals surface area contributed by atoms with E-state index < -0.39 is 23.8 Å². The lowest BCUT2D eigenvalue weighted by Crippen LogP contribution is -2.41. The number of hydrogen-bond acceptors (Lipinski definition) is 3. The highest BCUT2D eigenvalue weighted by atomic mass is 19.3. The number of rotatable bonds is 6. The summed E-state index contributed by atoms with van der Waals surface area (Å²) in [4.78, 5) is 0. The first-order chi connectivity index (χ1) is 9.98. The van der Waals surface area contributed by atoms with E-state index >= 15 is 0 Å². The minimum atomic E-state index is -3.04. The number of ether oxygens (including phenoxy) is 1. The zero-order valence-electron chi connectivity index (χ0n) is 11.7. The first-order valence-corrected chi connectivity index (χ1v) is 7.15. The maximum Gasteiger partial charge on any atom is 0.387 e. The first-order valence-electron chi connectivity index (χ1n) is 7.15. The molecule has 6 heteroatoms. The van der Waals surface area contributed by atoms with Gasteiger partial charge >= 0.3 is 6.61 Å². The van der Waals surface area contributed by atoms with Crippen molar-refractivity contribution in [3.8, 4) is 5.75 Å². The highest BCUT2D eigenvalue weighted by Gasteiger charge is 2.28. The maximum atomic E-state index is 13.5. The summed E-state index contributed by atoms with van der Waals surface area (Å²) in [5.74, 6) is -1.27. The SMILES string of the molecule is OC1(CNCc2ccc(OC(F)F)c(F)c2)CCCCC1. The third-order valence-corrected chi connectivity index (χ3v) is 3.78. The molecule has 0 heterocycles. The highest BCUT2D eigenvalue weighted by molar-refractivity contribution is 5.29. The van der Waals surface area contributed by atoms with E-state index in [2.05, 4.69) is 10.1 Å². The van der Waals surface area contributed by atoms with E-state index in [0.29, 0.717) is 18.7 Å². The summed E-state index contributed by atoms with van der Waals surface area (Å²) in [6.45, 7) is -2.22. The van der Waals surface area contributed by atoms with Crippen LogP contribution in [0.2, 0.25) is 0 Å². The number of hydrogen-bond donors (Lipinski definition) is 2. The van der Waals surface area contributed by atoms with Crippen molar-refractivity contribution < 1.29 is 23.0 Å². The van der Waals surface area contributed by atoms with Gasteiger partial charge in [0.05, 0.1) is 5.60 Å². The molecule has 0 amide bonds. The smallest absolute Gasteiger partial charge is 0.387 e. The molecule has 0 atom stereocenters. The molecule has 3 nitrogen and oxygen atoms in total. The van der Waals surface area contributed by atoms with Gasteiger partial charge in [0, 0.05) is 13.1 Å². The summed E-state index contributed by atoms with van der Waals surface area (Å²) in [7, 11) is 0. The molecule has 1 aliphatic carbocycles. The summed E-state index contributed by atoms with van der Waals surface area (Å²) < 4.78 is 41.6. The molecule has 1 aromatic rings. The van der Waals surface area contributed by atoms with E-state index in [1.54, 1.807) is 0 Å². The molecule has 1 fully saturated rings. The van der Waals surface area contributed by atoms with E-state index in [0.717, 1.165) is 38.2 Å². The van der Waals surface area contributed by atoms with Gasteiger partial charge in [-0.15, -0.1) is 0 Å². The highest BCUT2D eigenvalue weighted by Crippen LogP contribution is 2.27. The summed E-state index contributed by atoms with van der Waals surface area (Å²) >= 11 is 0. The van der Waals surface area contributed by atoms with Crippen LogP contribution in [0.4, 0.5) is 13.2 Å². The topological polar surface area (TPSA) is 41.5 Å². The quantitative estimate of drug-likeness (QED) is 0.848. The van der Waals surface area contributed by atoms with Gasteiger partial charge < -0.3 is 15.2 Å². The lowest BCUT2D eigenvalue weighted by atomic mass is 9.85. The average molecular weight is 303 g/mol. The minimum absolute atomic E-state index is 0.369. The van der Waals surface area contributed by atoms with Crippen LogP contribution in [-0.2, 0) is 6.54 Å². The Kier molecular flexibility index (Phi) is 5.47. The Morgan fingerprint density at radius 1 is 1.24 bits per heavy atom. The molecule has 0 spiro atoms. The van der Waals surface area contributed by atoms with Crippen LogP contribution in [0.1, 0.15) is 37.7 Å². The number of aliphatic hydroxyl groups is 1. The van der Waals surface area contributed by atoms with Crippen LogP contribution in [0.5, 0.6) is 5.75 Å². The van der Waals surface area contributed by atoms with E-state index in [-0.39, 0.29) is 0 Å². The van der Waals surface area contributed by atoms with Gasteiger partial charge in [0.2, 0.25) is 0 Å². The molecule has 1 aliphatic rings. The van der Waals surface area contributed by atoms with E-state index in [1.807, 2.05) is 0 Å². The van der Waals surface area contributed by atoms with Crippen LogP contribution in [-0.4, -0.2) is 23.9 Å². The van der Waals surface area contributed by atoms with Crippen LogP contribution in [0.3, 0.4) is 0 Å². The minimum Gasteiger partial charge on any atom is -0.432 e. The molecule has 1 saturated carbocycles. The number of alkyl halides is 2. The van der Waals surface area contributed by atoms with Gasteiger partial charge in [-0.2, -0.15) is 8.78 Å². The zero-order valence-corrected chi connectivity index (χ0v) is 11.7. The molecule has 1 aromatic carbocycles. The molecule has 0 radical (unpaired) electrons.